The van der Waals surface area contributed by atoms with E-state index in [1.807, 2.05) is 20.9 Å². The van der Waals surface area contributed by atoms with Crippen molar-refractivity contribution < 1.29 is 27.1 Å². The fraction of sp³-hybridized carbons (Fsp3) is 0.480. The van der Waals surface area contributed by atoms with Gasteiger partial charge in [0.2, 0.25) is 0 Å². The highest BCUT2D eigenvalue weighted by Crippen LogP contribution is 2.56. The van der Waals surface area contributed by atoms with Crippen LogP contribution in [-0.4, -0.2) is 54.8 Å². The molecule has 0 saturated heterocycles. The average Bonchev–Trinajstić information content (AvgIpc) is 2.81. The number of likely N-dealkylation sites (N-methyl/N-ethyl adjacent to an activating group) is 1. The highest BCUT2D eigenvalue weighted by atomic mass is 35.5. The molecule has 5 rings (SSSR count). The largest absolute Gasteiger partial charge is 0.388 e. The van der Waals surface area contributed by atoms with E-state index in [0.29, 0.717) is 19.4 Å². The average molecular weight is 527 g/mol. The van der Waals surface area contributed by atoms with Crippen molar-refractivity contribution in [3.05, 3.63) is 58.6 Å². The number of benzene rings is 2. The summed E-state index contributed by atoms with van der Waals surface area (Å²) in [7, 11) is -1.93. The molecule has 3 saturated carbocycles. The summed E-state index contributed by atoms with van der Waals surface area (Å²) in [5.74, 6) is -3.09. The second-order valence-corrected chi connectivity index (χ2v) is 12.6. The number of amides is 1. The third-order valence-electron chi connectivity index (χ3n) is 7.58. The predicted molar refractivity (Wildman–Crippen MR) is 130 cm³/mol. The maximum absolute atomic E-state index is 13.5. The van der Waals surface area contributed by atoms with Crippen LogP contribution < -0.4 is 5.32 Å². The predicted octanol–water partition coefficient (Wildman–Crippen LogP) is 4.51. The Morgan fingerprint density at radius 1 is 1.14 bits per heavy atom. The number of halogens is 3. The summed E-state index contributed by atoms with van der Waals surface area (Å²) in [6.45, 7) is 4.58. The summed E-state index contributed by atoms with van der Waals surface area (Å²) >= 11 is 6.25. The zero-order chi connectivity index (χ0) is 25.7. The molecule has 0 aromatic heterocycles. The zero-order valence-corrected chi connectivity index (χ0v) is 21.3. The number of rotatable bonds is 7. The molecule has 35 heavy (non-hydrogen) atoms. The van der Waals surface area contributed by atoms with E-state index in [2.05, 4.69) is 10.2 Å². The topological polar surface area (TPSA) is 86.7 Å². The molecule has 0 spiro atoms. The van der Waals surface area contributed by atoms with Crippen molar-refractivity contribution in [3.8, 4) is 0 Å². The molecule has 3 aliphatic carbocycles. The molecule has 190 valence electrons. The SMILES string of the molecule is CC(C)N(C)C[C@]1(O)C2CC1C[C@@H](S(=O)(=O)c1cc(C(=O)Nc3ccc(F)c(F)c3)ccc1Cl)C2. The first kappa shape index (κ1) is 26.0. The highest BCUT2D eigenvalue weighted by molar-refractivity contribution is 7.92. The third-order valence-corrected chi connectivity index (χ3v) is 10.2. The van der Waals surface area contributed by atoms with E-state index in [1.54, 1.807) is 0 Å². The van der Waals surface area contributed by atoms with Crippen LogP contribution in [0.5, 0.6) is 0 Å². The minimum Gasteiger partial charge on any atom is -0.388 e. The molecular formula is C25H29ClF2N2O4S. The van der Waals surface area contributed by atoms with Crippen LogP contribution in [0.1, 0.15) is 43.5 Å². The van der Waals surface area contributed by atoms with Crippen molar-refractivity contribution in [3.63, 3.8) is 0 Å². The molecule has 10 heteroatoms. The van der Waals surface area contributed by atoms with Crippen LogP contribution in [0.2, 0.25) is 5.02 Å². The standard InChI is InChI=1S/C25H29ClF2N2O4S/c1-14(2)30(3)13-25(32)16-9-17(25)11-19(10-16)35(33,34)23-8-15(4-6-20(23)26)24(31)29-18-5-7-21(27)22(28)12-18/h4-8,12,14,16-17,19,32H,9-11,13H2,1-3H3,(H,29,31)/t16?,17?,19-,25-. The van der Waals surface area contributed by atoms with Gasteiger partial charge in [0, 0.05) is 29.9 Å². The molecule has 3 fully saturated rings. The van der Waals surface area contributed by atoms with Gasteiger partial charge in [-0.05, 0) is 82.3 Å². The lowest BCUT2D eigenvalue weighted by Crippen LogP contribution is -2.66. The Balaban J connectivity index is 1.52. The number of aliphatic hydroxyl groups is 1. The van der Waals surface area contributed by atoms with Gasteiger partial charge in [-0.2, -0.15) is 0 Å². The second kappa shape index (κ2) is 9.42. The maximum atomic E-state index is 13.5. The Labute approximate surface area is 209 Å². The van der Waals surface area contributed by atoms with Gasteiger partial charge >= 0.3 is 0 Å². The van der Waals surface area contributed by atoms with Crippen LogP contribution in [0.15, 0.2) is 41.3 Å². The second-order valence-electron chi connectivity index (χ2n) is 10.00. The van der Waals surface area contributed by atoms with Crippen molar-refractivity contribution in [2.75, 3.05) is 18.9 Å². The molecule has 0 heterocycles. The van der Waals surface area contributed by atoms with Crippen molar-refractivity contribution in [2.24, 2.45) is 11.8 Å². The molecule has 1 amide bonds. The lowest BCUT2D eigenvalue weighted by Gasteiger charge is -2.59. The number of fused-ring (bicyclic) bond motifs is 2. The number of anilines is 1. The van der Waals surface area contributed by atoms with Crippen LogP contribution >= 0.6 is 11.6 Å². The lowest BCUT2D eigenvalue weighted by molar-refractivity contribution is -0.187. The number of sulfone groups is 1. The molecule has 0 radical (unpaired) electrons. The quantitative estimate of drug-likeness (QED) is 0.554. The van der Waals surface area contributed by atoms with E-state index in [9.17, 15) is 27.1 Å². The molecule has 2 atom stereocenters. The summed E-state index contributed by atoms with van der Waals surface area (Å²) in [5, 5.41) is 13.0. The van der Waals surface area contributed by atoms with Crippen LogP contribution in [-0.2, 0) is 9.84 Å². The monoisotopic (exact) mass is 526 g/mol. The fourth-order valence-corrected chi connectivity index (χ4v) is 7.57. The molecule has 2 unspecified atom stereocenters. The number of nitrogens with zero attached hydrogens (tertiary/aromatic N) is 1. The molecule has 2 bridgehead atoms. The van der Waals surface area contributed by atoms with Gasteiger partial charge in [0.15, 0.2) is 21.5 Å². The number of carbonyl (C=O) groups is 1. The summed E-state index contributed by atoms with van der Waals surface area (Å²) in [5.41, 5.74) is -0.846. The Bertz CT molecular complexity index is 1240. The van der Waals surface area contributed by atoms with E-state index in [-0.39, 0.29) is 39.0 Å². The number of carbonyl (C=O) groups excluding carboxylic acids is 1. The van der Waals surface area contributed by atoms with Crippen LogP contribution in [0.3, 0.4) is 0 Å². The van der Waals surface area contributed by atoms with E-state index in [0.717, 1.165) is 18.6 Å². The molecule has 3 aliphatic rings. The smallest absolute Gasteiger partial charge is 0.255 e. The van der Waals surface area contributed by atoms with Crippen molar-refractivity contribution in [1.82, 2.24) is 4.90 Å². The normalized spacial score (nSPS) is 26.0. The summed E-state index contributed by atoms with van der Waals surface area (Å²) in [6.07, 6.45) is 1.44. The molecule has 6 nitrogen and oxygen atoms in total. The Morgan fingerprint density at radius 3 is 2.40 bits per heavy atom. The van der Waals surface area contributed by atoms with Gasteiger partial charge in [0.05, 0.1) is 20.8 Å². The number of nitrogens with one attached hydrogen (secondary N) is 1. The Morgan fingerprint density at radius 2 is 1.80 bits per heavy atom. The first-order valence-corrected chi connectivity index (χ1v) is 13.5. The molecular weight excluding hydrogens is 498 g/mol. The summed E-state index contributed by atoms with van der Waals surface area (Å²) in [4.78, 5) is 14.6. The maximum Gasteiger partial charge on any atom is 0.255 e. The number of hydrogen-bond acceptors (Lipinski definition) is 5. The first-order chi connectivity index (χ1) is 16.3. The van der Waals surface area contributed by atoms with Crippen molar-refractivity contribution in [2.45, 2.75) is 54.9 Å². The van der Waals surface area contributed by atoms with E-state index in [1.165, 1.54) is 24.3 Å². The minimum absolute atomic E-state index is 0.00317. The number of hydrogen-bond donors (Lipinski definition) is 2. The van der Waals surface area contributed by atoms with Crippen LogP contribution in [0.25, 0.3) is 0 Å². The van der Waals surface area contributed by atoms with E-state index < -0.39 is 38.2 Å². The van der Waals surface area contributed by atoms with Gasteiger partial charge in [-0.1, -0.05) is 11.6 Å². The first-order valence-electron chi connectivity index (χ1n) is 11.6. The zero-order valence-electron chi connectivity index (χ0n) is 19.8. The third kappa shape index (κ3) is 4.83. The highest BCUT2D eigenvalue weighted by Gasteiger charge is 2.60. The minimum atomic E-state index is -3.88. The van der Waals surface area contributed by atoms with Gasteiger partial charge in [-0.25, -0.2) is 17.2 Å². The molecule has 2 aromatic rings. The van der Waals surface area contributed by atoms with Crippen LogP contribution in [0, 0.1) is 23.5 Å². The van der Waals surface area contributed by atoms with Crippen molar-refractivity contribution >= 4 is 33.0 Å². The van der Waals surface area contributed by atoms with Gasteiger partial charge in [-0.15, -0.1) is 0 Å². The van der Waals surface area contributed by atoms with Crippen molar-refractivity contribution in [1.29, 1.82) is 0 Å². The molecule has 0 aliphatic heterocycles. The van der Waals surface area contributed by atoms with Gasteiger partial charge in [0.25, 0.3) is 5.91 Å². The lowest BCUT2D eigenvalue weighted by atomic mass is 9.53. The molecule has 2 N–H and O–H groups in total. The van der Waals surface area contributed by atoms with E-state index >= 15 is 0 Å². The van der Waals surface area contributed by atoms with Gasteiger partial charge < -0.3 is 15.3 Å². The van der Waals surface area contributed by atoms with Gasteiger partial charge in [-0.3, -0.25) is 4.79 Å². The molecule has 2 aromatic carbocycles. The van der Waals surface area contributed by atoms with Gasteiger partial charge in [0.1, 0.15) is 0 Å². The Kier molecular flexibility index (Phi) is 7.00. The fourth-order valence-electron chi connectivity index (χ4n) is 5.17. The van der Waals surface area contributed by atoms with E-state index in [4.69, 9.17) is 11.6 Å². The Hall–Kier alpha value is -2.07. The van der Waals surface area contributed by atoms with Crippen LogP contribution in [0.4, 0.5) is 14.5 Å². The summed E-state index contributed by atoms with van der Waals surface area (Å²) < 4.78 is 53.7. The summed E-state index contributed by atoms with van der Waals surface area (Å²) in [6, 6.07) is 7.12.